The van der Waals surface area contributed by atoms with E-state index in [-0.39, 0.29) is 12.0 Å². The Labute approximate surface area is 91.2 Å². The second kappa shape index (κ2) is 3.78. The molecule has 2 unspecified atom stereocenters. The maximum absolute atomic E-state index is 10.8. The van der Waals surface area contributed by atoms with E-state index in [0.717, 1.165) is 19.4 Å². The number of hydrogen-bond acceptors (Lipinski definition) is 2. The van der Waals surface area contributed by atoms with Crippen LogP contribution in [0.15, 0.2) is 0 Å². The fraction of sp³-hybridized carbons (Fsp3) is 0.917. The Hall–Kier alpha value is -0.570. The molecule has 3 nitrogen and oxygen atoms in total. The standard InChI is InChI=1S/C12H21NO2/c1-8(2)12(5-6-12)7-13-10-4-3-9(10)11(14)15/h8-10,13H,3-7H2,1-2H3,(H,14,15). The third-order valence-electron chi connectivity index (χ3n) is 4.42. The third kappa shape index (κ3) is 2.03. The third-order valence-corrected chi connectivity index (χ3v) is 4.42. The molecule has 0 saturated heterocycles. The fourth-order valence-electron chi connectivity index (χ4n) is 2.49. The molecule has 0 aliphatic heterocycles. The summed E-state index contributed by atoms with van der Waals surface area (Å²) in [5.74, 6) is -0.0468. The van der Waals surface area contributed by atoms with Crippen molar-refractivity contribution in [3.05, 3.63) is 0 Å². The van der Waals surface area contributed by atoms with E-state index >= 15 is 0 Å². The molecule has 0 amide bonds. The van der Waals surface area contributed by atoms with Crippen LogP contribution in [0.25, 0.3) is 0 Å². The van der Waals surface area contributed by atoms with E-state index in [1.807, 2.05) is 0 Å². The first-order valence-electron chi connectivity index (χ1n) is 6.01. The molecular formula is C12H21NO2. The number of aliphatic carboxylic acids is 1. The highest BCUT2D eigenvalue weighted by molar-refractivity contribution is 5.72. The first kappa shape index (κ1) is 10.9. The summed E-state index contributed by atoms with van der Waals surface area (Å²) in [4.78, 5) is 10.8. The molecule has 0 bridgehead atoms. The molecule has 2 N–H and O–H groups in total. The van der Waals surface area contributed by atoms with Crippen LogP contribution in [-0.4, -0.2) is 23.7 Å². The summed E-state index contributed by atoms with van der Waals surface area (Å²) in [6.45, 7) is 5.55. The summed E-state index contributed by atoms with van der Waals surface area (Å²) in [5.41, 5.74) is 0.485. The number of rotatable bonds is 5. The molecule has 2 saturated carbocycles. The van der Waals surface area contributed by atoms with Gasteiger partial charge in [0.1, 0.15) is 0 Å². The molecule has 2 aliphatic carbocycles. The molecule has 0 aromatic rings. The van der Waals surface area contributed by atoms with E-state index in [4.69, 9.17) is 5.11 Å². The van der Waals surface area contributed by atoms with Crippen molar-refractivity contribution in [1.82, 2.24) is 5.32 Å². The zero-order valence-electron chi connectivity index (χ0n) is 9.62. The Morgan fingerprint density at radius 2 is 2.13 bits per heavy atom. The van der Waals surface area contributed by atoms with E-state index in [1.54, 1.807) is 0 Å². The van der Waals surface area contributed by atoms with Crippen molar-refractivity contribution in [1.29, 1.82) is 0 Å². The highest BCUT2D eigenvalue weighted by Crippen LogP contribution is 2.51. The van der Waals surface area contributed by atoms with Crippen LogP contribution < -0.4 is 5.32 Å². The van der Waals surface area contributed by atoms with Gasteiger partial charge in [0, 0.05) is 12.6 Å². The number of carboxylic acids is 1. The minimum Gasteiger partial charge on any atom is -0.481 e. The topological polar surface area (TPSA) is 49.3 Å². The van der Waals surface area contributed by atoms with E-state index in [1.165, 1.54) is 12.8 Å². The van der Waals surface area contributed by atoms with Crippen molar-refractivity contribution in [2.45, 2.75) is 45.6 Å². The molecule has 86 valence electrons. The maximum Gasteiger partial charge on any atom is 0.308 e. The molecule has 2 rings (SSSR count). The number of hydrogen-bond donors (Lipinski definition) is 2. The van der Waals surface area contributed by atoms with Crippen LogP contribution in [0.3, 0.4) is 0 Å². The highest BCUT2D eigenvalue weighted by Gasteiger charge is 2.46. The van der Waals surface area contributed by atoms with Gasteiger partial charge in [-0.2, -0.15) is 0 Å². The van der Waals surface area contributed by atoms with Gasteiger partial charge in [-0.15, -0.1) is 0 Å². The smallest absolute Gasteiger partial charge is 0.308 e. The van der Waals surface area contributed by atoms with Crippen LogP contribution in [0.4, 0.5) is 0 Å². The van der Waals surface area contributed by atoms with Gasteiger partial charge in [0.15, 0.2) is 0 Å². The van der Waals surface area contributed by atoms with Crippen molar-refractivity contribution in [3.63, 3.8) is 0 Å². The van der Waals surface area contributed by atoms with Crippen LogP contribution in [0.1, 0.15) is 39.5 Å². The largest absolute Gasteiger partial charge is 0.481 e. The van der Waals surface area contributed by atoms with E-state index in [0.29, 0.717) is 11.3 Å². The Balaban J connectivity index is 1.77. The summed E-state index contributed by atoms with van der Waals surface area (Å²) in [6.07, 6.45) is 4.50. The fourth-order valence-corrected chi connectivity index (χ4v) is 2.49. The zero-order chi connectivity index (χ0) is 11.1. The van der Waals surface area contributed by atoms with Gasteiger partial charge in [0.05, 0.1) is 5.92 Å². The molecule has 2 atom stereocenters. The maximum atomic E-state index is 10.8. The van der Waals surface area contributed by atoms with Gasteiger partial charge in [-0.05, 0) is 37.0 Å². The zero-order valence-corrected chi connectivity index (χ0v) is 9.62. The number of carbonyl (C=O) groups is 1. The summed E-state index contributed by atoms with van der Waals surface area (Å²) < 4.78 is 0. The van der Waals surface area contributed by atoms with Gasteiger partial charge in [-0.25, -0.2) is 0 Å². The molecule has 3 heteroatoms. The van der Waals surface area contributed by atoms with Gasteiger partial charge in [-0.1, -0.05) is 13.8 Å². The summed E-state index contributed by atoms with van der Waals surface area (Å²) in [7, 11) is 0. The molecule has 2 aliphatic rings. The van der Waals surface area contributed by atoms with Gasteiger partial charge in [0.2, 0.25) is 0 Å². The van der Waals surface area contributed by atoms with Crippen LogP contribution in [0.5, 0.6) is 0 Å². The van der Waals surface area contributed by atoms with Crippen molar-refractivity contribution >= 4 is 5.97 Å². The van der Waals surface area contributed by atoms with Gasteiger partial charge >= 0.3 is 5.97 Å². The van der Waals surface area contributed by atoms with E-state index < -0.39 is 5.97 Å². The number of carboxylic acid groups (broad SMARTS) is 1. The van der Waals surface area contributed by atoms with Crippen molar-refractivity contribution in [2.24, 2.45) is 17.3 Å². The lowest BCUT2D eigenvalue weighted by atomic mass is 9.79. The molecule has 0 aromatic carbocycles. The van der Waals surface area contributed by atoms with Crippen molar-refractivity contribution in [2.75, 3.05) is 6.54 Å². The average molecular weight is 211 g/mol. The lowest BCUT2D eigenvalue weighted by molar-refractivity contribution is -0.146. The molecule has 0 heterocycles. The second-order valence-electron chi connectivity index (χ2n) is 5.53. The Morgan fingerprint density at radius 1 is 1.47 bits per heavy atom. The Morgan fingerprint density at radius 3 is 2.47 bits per heavy atom. The summed E-state index contributed by atoms with van der Waals surface area (Å²) in [5, 5.41) is 12.4. The van der Waals surface area contributed by atoms with E-state index in [9.17, 15) is 4.79 Å². The predicted octanol–water partition coefficient (Wildman–Crippen LogP) is 1.88. The highest BCUT2D eigenvalue weighted by atomic mass is 16.4. The second-order valence-corrected chi connectivity index (χ2v) is 5.53. The molecule has 0 radical (unpaired) electrons. The molecule has 0 aromatic heterocycles. The lowest BCUT2D eigenvalue weighted by Gasteiger charge is -2.36. The Bertz CT molecular complexity index is 258. The van der Waals surface area contributed by atoms with Gasteiger partial charge in [-0.3, -0.25) is 4.79 Å². The summed E-state index contributed by atoms with van der Waals surface area (Å²) >= 11 is 0. The van der Waals surface area contributed by atoms with Crippen LogP contribution >= 0.6 is 0 Å². The SMILES string of the molecule is CC(C)C1(CNC2CCC2C(=O)O)CC1. The predicted molar refractivity (Wildman–Crippen MR) is 58.7 cm³/mol. The first-order chi connectivity index (χ1) is 7.05. The molecular weight excluding hydrogens is 190 g/mol. The van der Waals surface area contributed by atoms with Crippen molar-refractivity contribution in [3.8, 4) is 0 Å². The minimum absolute atomic E-state index is 0.132. The number of nitrogens with one attached hydrogen (secondary N) is 1. The first-order valence-corrected chi connectivity index (χ1v) is 6.01. The van der Waals surface area contributed by atoms with Crippen LogP contribution in [-0.2, 0) is 4.79 Å². The molecule has 2 fully saturated rings. The Kier molecular flexibility index (Phi) is 2.75. The summed E-state index contributed by atoms with van der Waals surface area (Å²) in [6, 6.07) is 0.235. The van der Waals surface area contributed by atoms with Crippen molar-refractivity contribution < 1.29 is 9.90 Å². The van der Waals surface area contributed by atoms with Crippen LogP contribution in [0, 0.1) is 17.3 Å². The normalized spacial score (nSPS) is 32.5. The quantitative estimate of drug-likeness (QED) is 0.730. The van der Waals surface area contributed by atoms with Crippen LogP contribution in [0.2, 0.25) is 0 Å². The van der Waals surface area contributed by atoms with Gasteiger partial charge in [0.25, 0.3) is 0 Å². The molecule has 15 heavy (non-hydrogen) atoms. The average Bonchev–Trinajstić information content (AvgIpc) is 2.82. The van der Waals surface area contributed by atoms with Gasteiger partial charge < -0.3 is 10.4 Å². The minimum atomic E-state index is -0.631. The monoisotopic (exact) mass is 211 g/mol. The lowest BCUT2D eigenvalue weighted by Crippen LogP contribution is -2.49. The molecule has 0 spiro atoms. The van der Waals surface area contributed by atoms with E-state index in [2.05, 4.69) is 19.2 Å².